The van der Waals surface area contributed by atoms with Crippen LogP contribution >= 0.6 is 19.4 Å². The quantitative estimate of drug-likeness (QED) is 0.196. The van der Waals surface area contributed by atoms with Crippen LogP contribution < -0.4 is 9.05 Å². The molecule has 0 saturated heterocycles. The zero-order valence-corrected chi connectivity index (χ0v) is 19.3. The van der Waals surface area contributed by atoms with Gasteiger partial charge in [-0.05, 0) is 48.9 Å². The van der Waals surface area contributed by atoms with Gasteiger partial charge in [0, 0.05) is 9.80 Å². The van der Waals surface area contributed by atoms with E-state index in [1.54, 1.807) is 30.1 Å². The van der Waals surface area contributed by atoms with Crippen LogP contribution in [0.3, 0.4) is 0 Å². The molecule has 3 nitrogen and oxygen atoms in total. The second-order valence-electron chi connectivity index (χ2n) is 7.12. The van der Waals surface area contributed by atoms with E-state index in [-0.39, 0.29) is 0 Å². The lowest BCUT2D eigenvalue weighted by atomic mass is 10.1. The fourth-order valence-electron chi connectivity index (χ4n) is 2.96. The van der Waals surface area contributed by atoms with Crippen LogP contribution in [0.2, 0.25) is 0 Å². The second kappa shape index (κ2) is 10.4. The van der Waals surface area contributed by atoms with E-state index in [4.69, 9.17) is 9.05 Å². The monoisotopic (exact) mass is 458 g/mol. The van der Waals surface area contributed by atoms with Gasteiger partial charge in [0.1, 0.15) is 11.5 Å². The van der Waals surface area contributed by atoms with Crippen molar-refractivity contribution in [2.45, 2.75) is 11.8 Å². The third-order valence-electron chi connectivity index (χ3n) is 4.53. The van der Waals surface area contributed by atoms with E-state index in [0.29, 0.717) is 11.5 Å². The van der Waals surface area contributed by atoms with E-state index in [0.717, 1.165) is 20.9 Å². The summed E-state index contributed by atoms with van der Waals surface area (Å²) in [4.78, 5) is 1.83. The Hall–Kier alpha value is -3.20. The fraction of sp³-hybridized carbons (Fsp3) is 0.0370. The second-order valence-corrected chi connectivity index (χ2v) is 9.94. The Morgan fingerprint density at radius 1 is 0.688 bits per heavy atom. The first-order valence-corrected chi connectivity index (χ1v) is 12.6. The van der Waals surface area contributed by atoms with Crippen molar-refractivity contribution >= 4 is 24.3 Å². The molecule has 4 rings (SSSR count). The van der Waals surface area contributed by atoms with Crippen molar-refractivity contribution in [1.29, 1.82) is 0 Å². The molecule has 0 heterocycles. The molecule has 0 bridgehead atoms. The number of aryl methyl sites for hydroxylation is 1. The van der Waals surface area contributed by atoms with Crippen LogP contribution in [0.1, 0.15) is 11.1 Å². The lowest BCUT2D eigenvalue weighted by Crippen LogP contribution is -1.99. The molecule has 0 aliphatic rings. The standard InChI is InChI=1S/C27H23O3PS/c1-22-17-19-23(20-18-22)27(32-26-15-9-4-10-16-26)21-31(28,29-24-11-5-2-6-12-24)30-25-13-7-3-8-14-25/h2-21H,1H3/b27-21-. The summed E-state index contributed by atoms with van der Waals surface area (Å²) in [6.45, 7) is 2.04. The Morgan fingerprint density at radius 3 is 1.66 bits per heavy atom. The molecule has 0 fully saturated rings. The van der Waals surface area contributed by atoms with Gasteiger partial charge >= 0.3 is 7.60 Å². The maximum Gasteiger partial charge on any atom is 0.456 e. The number of hydrogen-bond acceptors (Lipinski definition) is 4. The third kappa shape index (κ3) is 6.16. The molecular formula is C27H23O3PS. The van der Waals surface area contributed by atoms with Crippen LogP contribution in [-0.2, 0) is 4.57 Å². The van der Waals surface area contributed by atoms with Crippen molar-refractivity contribution in [3.05, 3.63) is 132 Å². The van der Waals surface area contributed by atoms with Crippen molar-refractivity contribution in [2.75, 3.05) is 0 Å². The molecule has 32 heavy (non-hydrogen) atoms. The Balaban J connectivity index is 1.77. The highest BCUT2D eigenvalue weighted by Crippen LogP contribution is 2.53. The van der Waals surface area contributed by atoms with Crippen LogP contribution in [-0.4, -0.2) is 0 Å². The fourth-order valence-corrected chi connectivity index (χ4v) is 5.77. The van der Waals surface area contributed by atoms with Gasteiger partial charge in [-0.2, -0.15) is 0 Å². The molecule has 0 aliphatic carbocycles. The Morgan fingerprint density at radius 2 is 1.16 bits per heavy atom. The van der Waals surface area contributed by atoms with Gasteiger partial charge in [0.05, 0.1) is 5.82 Å². The summed E-state index contributed by atoms with van der Waals surface area (Å²) in [6.07, 6.45) is 0. The Bertz CT molecular complexity index is 1160. The Labute approximate surface area is 193 Å². The minimum Gasteiger partial charge on any atom is -0.413 e. The molecule has 5 heteroatoms. The van der Waals surface area contributed by atoms with Gasteiger partial charge in [0.15, 0.2) is 0 Å². The van der Waals surface area contributed by atoms with Crippen molar-refractivity contribution in [3.63, 3.8) is 0 Å². The van der Waals surface area contributed by atoms with Crippen LogP contribution in [0.5, 0.6) is 11.5 Å². The molecule has 0 aliphatic heterocycles. The first-order chi connectivity index (χ1) is 15.6. The van der Waals surface area contributed by atoms with Crippen molar-refractivity contribution in [1.82, 2.24) is 0 Å². The third-order valence-corrected chi connectivity index (χ3v) is 7.30. The van der Waals surface area contributed by atoms with Crippen molar-refractivity contribution < 1.29 is 13.6 Å². The molecule has 0 saturated carbocycles. The highest BCUT2D eigenvalue weighted by molar-refractivity contribution is 8.08. The van der Waals surface area contributed by atoms with Crippen LogP contribution in [0.4, 0.5) is 0 Å². The van der Waals surface area contributed by atoms with Gasteiger partial charge in [0.25, 0.3) is 0 Å². The summed E-state index contributed by atoms with van der Waals surface area (Å²) in [7, 11) is -3.72. The molecule has 0 aromatic heterocycles. The molecule has 0 unspecified atom stereocenters. The largest absolute Gasteiger partial charge is 0.456 e. The summed E-state index contributed by atoms with van der Waals surface area (Å²) in [5.41, 5.74) is 2.10. The average Bonchev–Trinajstić information content (AvgIpc) is 2.81. The Kier molecular flexibility index (Phi) is 7.16. The number of hydrogen-bond donors (Lipinski definition) is 0. The zero-order chi connectivity index (χ0) is 22.2. The highest BCUT2D eigenvalue weighted by atomic mass is 32.2. The molecule has 4 aromatic rings. The maximum absolute atomic E-state index is 14.1. The van der Waals surface area contributed by atoms with Crippen molar-refractivity contribution in [3.8, 4) is 11.5 Å². The number of rotatable bonds is 8. The summed E-state index contributed by atoms with van der Waals surface area (Å²) in [6, 6.07) is 36.3. The maximum atomic E-state index is 14.1. The number of benzene rings is 4. The molecular weight excluding hydrogens is 435 g/mol. The highest BCUT2D eigenvalue weighted by Gasteiger charge is 2.27. The molecule has 160 valence electrons. The van der Waals surface area contributed by atoms with Gasteiger partial charge in [-0.15, -0.1) is 0 Å². The van der Waals surface area contributed by atoms with Gasteiger partial charge in [-0.3, -0.25) is 0 Å². The average molecular weight is 459 g/mol. The first-order valence-electron chi connectivity index (χ1n) is 10.2. The topological polar surface area (TPSA) is 35.5 Å². The van der Waals surface area contributed by atoms with E-state index in [1.165, 1.54) is 11.8 Å². The minimum atomic E-state index is -3.72. The predicted molar refractivity (Wildman–Crippen MR) is 133 cm³/mol. The van der Waals surface area contributed by atoms with Gasteiger partial charge in [0.2, 0.25) is 0 Å². The van der Waals surface area contributed by atoms with Crippen LogP contribution in [0.25, 0.3) is 4.91 Å². The van der Waals surface area contributed by atoms with E-state index < -0.39 is 7.60 Å². The van der Waals surface area contributed by atoms with E-state index in [1.807, 2.05) is 97.9 Å². The SMILES string of the molecule is Cc1ccc(/C(=C/P(=O)(Oc2ccccc2)Oc2ccccc2)Sc2ccccc2)cc1. The normalized spacial score (nSPS) is 11.7. The summed E-state index contributed by atoms with van der Waals surface area (Å²) in [5.74, 6) is 2.59. The van der Waals surface area contributed by atoms with Crippen LogP contribution in [0, 0.1) is 6.92 Å². The van der Waals surface area contributed by atoms with E-state index >= 15 is 0 Å². The summed E-state index contributed by atoms with van der Waals surface area (Å²) in [5, 5.41) is 0. The summed E-state index contributed by atoms with van der Waals surface area (Å²) >= 11 is 1.52. The van der Waals surface area contributed by atoms with Gasteiger partial charge in [-0.25, -0.2) is 4.57 Å². The molecule has 0 amide bonds. The molecule has 0 radical (unpaired) electrons. The van der Waals surface area contributed by atoms with Gasteiger partial charge < -0.3 is 9.05 Å². The number of thioether (sulfide) groups is 1. The van der Waals surface area contributed by atoms with Gasteiger partial charge in [-0.1, -0.05) is 96.2 Å². The predicted octanol–water partition coefficient (Wildman–Crippen LogP) is 8.44. The van der Waals surface area contributed by atoms with Crippen LogP contribution in [0.15, 0.2) is 126 Å². The smallest absolute Gasteiger partial charge is 0.413 e. The first kappa shape index (κ1) is 22.0. The van der Waals surface area contributed by atoms with E-state index in [2.05, 4.69) is 0 Å². The zero-order valence-electron chi connectivity index (χ0n) is 17.6. The van der Waals surface area contributed by atoms with Crippen molar-refractivity contribution in [2.24, 2.45) is 0 Å². The molecule has 0 N–H and O–H groups in total. The molecule has 0 atom stereocenters. The lowest BCUT2D eigenvalue weighted by molar-refractivity contribution is 0.398. The molecule has 4 aromatic carbocycles. The summed E-state index contributed by atoms with van der Waals surface area (Å²) < 4.78 is 26.0. The molecule has 0 spiro atoms. The lowest BCUT2D eigenvalue weighted by Gasteiger charge is -2.19. The van der Waals surface area contributed by atoms with E-state index in [9.17, 15) is 4.57 Å². The minimum absolute atomic E-state index is 0.482. The number of para-hydroxylation sites is 2.